The van der Waals surface area contributed by atoms with Crippen LogP contribution in [0.1, 0.15) is 49.8 Å². The van der Waals surface area contributed by atoms with Gasteiger partial charge in [-0.2, -0.15) is 0 Å². The van der Waals surface area contributed by atoms with E-state index in [1.54, 1.807) is 0 Å². The number of nitrogens with zero attached hydrogens (tertiary/aromatic N) is 2. The summed E-state index contributed by atoms with van der Waals surface area (Å²) in [6.45, 7) is 9.39. The quantitative estimate of drug-likeness (QED) is 0.754. The van der Waals surface area contributed by atoms with Gasteiger partial charge >= 0.3 is 0 Å². The van der Waals surface area contributed by atoms with Crippen molar-refractivity contribution in [2.75, 3.05) is 6.54 Å². The second-order valence-electron chi connectivity index (χ2n) is 3.99. The Hall–Kier alpha value is -0.960. The van der Waals surface area contributed by atoms with Crippen LogP contribution in [0.3, 0.4) is 0 Å². The number of unbranched alkanes of at least 4 members (excludes halogenated alkanes) is 1. The van der Waals surface area contributed by atoms with Crippen LogP contribution in [0.2, 0.25) is 0 Å². The standard InChI is InChI=1S/C12H21N3/c1-5-6-7-13-9(2)12-8-14-11(4)15-10(12)3/h8-9,13H,5-7H2,1-4H3. The van der Waals surface area contributed by atoms with Gasteiger partial charge in [-0.3, -0.25) is 0 Å². The molecule has 1 aromatic rings. The van der Waals surface area contributed by atoms with Gasteiger partial charge in [-0.15, -0.1) is 0 Å². The smallest absolute Gasteiger partial charge is 0.125 e. The maximum atomic E-state index is 4.37. The van der Waals surface area contributed by atoms with Crippen LogP contribution in [0.4, 0.5) is 0 Å². The molecule has 1 N–H and O–H groups in total. The van der Waals surface area contributed by atoms with Gasteiger partial charge < -0.3 is 5.32 Å². The Morgan fingerprint density at radius 3 is 2.73 bits per heavy atom. The van der Waals surface area contributed by atoms with E-state index in [1.165, 1.54) is 18.4 Å². The number of hydrogen-bond acceptors (Lipinski definition) is 3. The van der Waals surface area contributed by atoms with Crippen molar-refractivity contribution in [1.82, 2.24) is 15.3 Å². The fraction of sp³-hybridized carbons (Fsp3) is 0.667. The molecule has 0 spiro atoms. The molecular formula is C12H21N3. The monoisotopic (exact) mass is 207 g/mol. The first-order chi connectivity index (χ1) is 7.15. The number of nitrogens with one attached hydrogen (secondary N) is 1. The van der Waals surface area contributed by atoms with E-state index in [9.17, 15) is 0 Å². The highest BCUT2D eigenvalue weighted by molar-refractivity contribution is 5.19. The lowest BCUT2D eigenvalue weighted by Gasteiger charge is -2.15. The molecule has 0 bridgehead atoms. The molecule has 0 aromatic carbocycles. The first-order valence-corrected chi connectivity index (χ1v) is 5.68. The van der Waals surface area contributed by atoms with E-state index in [-0.39, 0.29) is 0 Å². The SMILES string of the molecule is CCCCNC(C)c1cnc(C)nc1C. The third-order valence-electron chi connectivity index (χ3n) is 2.59. The van der Waals surface area contributed by atoms with Crippen LogP contribution in [0.25, 0.3) is 0 Å². The molecule has 1 unspecified atom stereocenters. The van der Waals surface area contributed by atoms with E-state index >= 15 is 0 Å². The summed E-state index contributed by atoms with van der Waals surface area (Å²) in [4.78, 5) is 8.61. The van der Waals surface area contributed by atoms with Gasteiger partial charge in [0.15, 0.2) is 0 Å². The van der Waals surface area contributed by atoms with Gasteiger partial charge in [0.2, 0.25) is 0 Å². The largest absolute Gasteiger partial charge is 0.310 e. The molecule has 0 amide bonds. The predicted octanol–water partition coefficient (Wildman–Crippen LogP) is 2.54. The van der Waals surface area contributed by atoms with E-state index in [1.807, 2.05) is 20.0 Å². The van der Waals surface area contributed by atoms with Crippen LogP contribution in [-0.4, -0.2) is 16.5 Å². The van der Waals surface area contributed by atoms with Gasteiger partial charge in [-0.05, 0) is 33.7 Å². The van der Waals surface area contributed by atoms with Crippen molar-refractivity contribution < 1.29 is 0 Å². The number of aryl methyl sites for hydroxylation is 2. The number of aromatic nitrogens is 2. The van der Waals surface area contributed by atoms with Gasteiger partial charge in [-0.1, -0.05) is 13.3 Å². The minimum absolute atomic E-state index is 0.345. The first kappa shape index (κ1) is 12.1. The fourth-order valence-electron chi connectivity index (χ4n) is 1.62. The Morgan fingerprint density at radius 1 is 1.40 bits per heavy atom. The second-order valence-corrected chi connectivity index (χ2v) is 3.99. The van der Waals surface area contributed by atoms with E-state index in [0.29, 0.717) is 6.04 Å². The molecule has 1 heterocycles. The Labute approximate surface area is 92.3 Å². The summed E-state index contributed by atoms with van der Waals surface area (Å²) in [5, 5.41) is 3.48. The highest BCUT2D eigenvalue weighted by Crippen LogP contribution is 2.14. The summed E-state index contributed by atoms with van der Waals surface area (Å²) in [6.07, 6.45) is 4.38. The van der Waals surface area contributed by atoms with Crippen LogP contribution in [0, 0.1) is 13.8 Å². The molecular weight excluding hydrogens is 186 g/mol. The summed E-state index contributed by atoms with van der Waals surface area (Å²) in [6, 6.07) is 0.345. The molecule has 1 aromatic heterocycles. The van der Waals surface area contributed by atoms with Crippen LogP contribution in [0.5, 0.6) is 0 Å². The Kier molecular flexibility index (Phi) is 4.69. The molecule has 3 nitrogen and oxygen atoms in total. The van der Waals surface area contributed by atoms with Crippen molar-refractivity contribution in [3.8, 4) is 0 Å². The first-order valence-electron chi connectivity index (χ1n) is 5.68. The van der Waals surface area contributed by atoms with Crippen molar-refractivity contribution >= 4 is 0 Å². The molecule has 0 saturated heterocycles. The molecule has 0 aliphatic carbocycles. The average molecular weight is 207 g/mol. The zero-order valence-corrected chi connectivity index (χ0v) is 10.2. The van der Waals surface area contributed by atoms with Gasteiger partial charge in [0.05, 0.1) is 0 Å². The van der Waals surface area contributed by atoms with Crippen molar-refractivity contribution in [3.05, 3.63) is 23.3 Å². The lowest BCUT2D eigenvalue weighted by Crippen LogP contribution is -2.21. The summed E-state index contributed by atoms with van der Waals surface area (Å²) in [7, 11) is 0. The molecule has 3 heteroatoms. The lowest BCUT2D eigenvalue weighted by atomic mass is 10.1. The summed E-state index contributed by atoms with van der Waals surface area (Å²) in [5.41, 5.74) is 2.29. The van der Waals surface area contributed by atoms with Crippen molar-refractivity contribution in [2.24, 2.45) is 0 Å². The number of hydrogen-bond donors (Lipinski definition) is 1. The maximum Gasteiger partial charge on any atom is 0.125 e. The normalized spacial score (nSPS) is 12.8. The Morgan fingerprint density at radius 2 is 2.13 bits per heavy atom. The summed E-state index contributed by atoms with van der Waals surface area (Å²) >= 11 is 0. The Balaban J connectivity index is 2.61. The third-order valence-corrected chi connectivity index (χ3v) is 2.59. The van der Waals surface area contributed by atoms with Crippen molar-refractivity contribution in [2.45, 2.75) is 46.6 Å². The highest BCUT2D eigenvalue weighted by Gasteiger charge is 2.08. The van der Waals surface area contributed by atoms with E-state index in [2.05, 4.69) is 29.1 Å². The predicted molar refractivity (Wildman–Crippen MR) is 62.8 cm³/mol. The van der Waals surface area contributed by atoms with Crippen molar-refractivity contribution in [1.29, 1.82) is 0 Å². The maximum absolute atomic E-state index is 4.37. The van der Waals surface area contributed by atoms with E-state index in [0.717, 1.165) is 18.1 Å². The minimum atomic E-state index is 0.345. The minimum Gasteiger partial charge on any atom is -0.310 e. The summed E-state index contributed by atoms with van der Waals surface area (Å²) in [5.74, 6) is 0.844. The second kappa shape index (κ2) is 5.81. The number of rotatable bonds is 5. The van der Waals surface area contributed by atoms with Crippen LogP contribution in [0.15, 0.2) is 6.20 Å². The molecule has 0 aliphatic rings. The molecule has 0 saturated carbocycles. The van der Waals surface area contributed by atoms with E-state index in [4.69, 9.17) is 0 Å². The molecule has 1 atom stereocenters. The van der Waals surface area contributed by atoms with Gasteiger partial charge in [0.25, 0.3) is 0 Å². The molecule has 0 fully saturated rings. The Bertz CT molecular complexity index is 310. The average Bonchev–Trinajstić information content (AvgIpc) is 2.17. The molecule has 0 aliphatic heterocycles. The van der Waals surface area contributed by atoms with Crippen LogP contribution in [-0.2, 0) is 0 Å². The fourth-order valence-corrected chi connectivity index (χ4v) is 1.62. The third kappa shape index (κ3) is 3.59. The molecule has 1 rings (SSSR count). The zero-order chi connectivity index (χ0) is 11.3. The molecule has 15 heavy (non-hydrogen) atoms. The molecule has 84 valence electrons. The lowest BCUT2D eigenvalue weighted by molar-refractivity contribution is 0.548. The van der Waals surface area contributed by atoms with Crippen LogP contribution < -0.4 is 5.32 Å². The van der Waals surface area contributed by atoms with Gasteiger partial charge in [-0.25, -0.2) is 9.97 Å². The van der Waals surface area contributed by atoms with Gasteiger partial charge in [0, 0.05) is 23.5 Å². The topological polar surface area (TPSA) is 37.8 Å². The van der Waals surface area contributed by atoms with Crippen LogP contribution >= 0.6 is 0 Å². The van der Waals surface area contributed by atoms with Crippen molar-refractivity contribution in [3.63, 3.8) is 0 Å². The van der Waals surface area contributed by atoms with E-state index < -0.39 is 0 Å². The van der Waals surface area contributed by atoms with Gasteiger partial charge in [0.1, 0.15) is 5.82 Å². The highest BCUT2D eigenvalue weighted by atomic mass is 14.9. The summed E-state index contributed by atoms with van der Waals surface area (Å²) < 4.78 is 0. The zero-order valence-electron chi connectivity index (χ0n) is 10.2. The molecule has 0 radical (unpaired) electrons.